The highest BCUT2D eigenvalue weighted by Crippen LogP contribution is 2.17. The average molecular weight is 421 g/mol. The molecule has 3 heterocycles. The van der Waals surface area contributed by atoms with Crippen LogP contribution in [0, 0.1) is 0 Å². The van der Waals surface area contributed by atoms with Gasteiger partial charge in [-0.2, -0.15) is 0 Å². The molecule has 8 nitrogen and oxygen atoms in total. The van der Waals surface area contributed by atoms with Crippen LogP contribution in [0.25, 0.3) is 0 Å². The van der Waals surface area contributed by atoms with Gasteiger partial charge in [-0.15, -0.1) is 0 Å². The van der Waals surface area contributed by atoms with Crippen molar-refractivity contribution >= 4 is 17.8 Å². The molecule has 0 aromatic rings. The first kappa shape index (κ1) is 22.8. The minimum Gasteiger partial charge on any atom is -0.356 e. The summed E-state index contributed by atoms with van der Waals surface area (Å²) in [4.78, 5) is 38.2. The number of carbonyl (C=O) groups excluding carboxylic acids is 2. The quantitative estimate of drug-likeness (QED) is 0.530. The van der Waals surface area contributed by atoms with E-state index in [4.69, 9.17) is 0 Å². The molecular weight excluding hydrogens is 380 g/mol. The average Bonchev–Trinajstić information content (AvgIpc) is 3.31. The van der Waals surface area contributed by atoms with E-state index < -0.39 is 0 Å². The van der Waals surface area contributed by atoms with E-state index in [1.54, 1.807) is 7.05 Å². The molecule has 1 N–H and O–H groups in total. The molecule has 0 spiro atoms. The molecule has 0 bridgehead atoms. The molecule has 8 heteroatoms. The van der Waals surface area contributed by atoms with E-state index in [-0.39, 0.29) is 17.9 Å². The lowest BCUT2D eigenvalue weighted by Gasteiger charge is -2.39. The van der Waals surface area contributed by atoms with Crippen molar-refractivity contribution in [3.63, 3.8) is 0 Å². The Kier molecular flexibility index (Phi) is 8.36. The Hall–Kier alpha value is -1.83. The molecule has 3 rings (SSSR count). The minimum atomic E-state index is -0.0515. The molecule has 2 amide bonds. The van der Waals surface area contributed by atoms with Gasteiger partial charge in [0, 0.05) is 71.9 Å². The van der Waals surface area contributed by atoms with E-state index in [0.717, 1.165) is 77.5 Å². The summed E-state index contributed by atoms with van der Waals surface area (Å²) in [6.07, 6.45) is 6.23. The Labute approximate surface area is 181 Å². The van der Waals surface area contributed by atoms with Crippen LogP contribution in [-0.2, 0) is 9.59 Å². The highest BCUT2D eigenvalue weighted by molar-refractivity contribution is 5.82. The fraction of sp³-hybridized carbons (Fsp3) is 0.864. The fourth-order valence-corrected chi connectivity index (χ4v) is 4.90. The van der Waals surface area contributed by atoms with Crippen LogP contribution in [0.2, 0.25) is 0 Å². The van der Waals surface area contributed by atoms with E-state index >= 15 is 0 Å². The predicted molar refractivity (Wildman–Crippen MR) is 119 cm³/mol. The van der Waals surface area contributed by atoms with Crippen molar-refractivity contribution < 1.29 is 9.59 Å². The van der Waals surface area contributed by atoms with Crippen molar-refractivity contribution in [1.82, 2.24) is 24.9 Å². The number of guanidine groups is 1. The number of piperazine rings is 1. The van der Waals surface area contributed by atoms with Gasteiger partial charge in [0.15, 0.2) is 5.96 Å². The topological polar surface area (TPSA) is 71.5 Å². The van der Waals surface area contributed by atoms with Crippen molar-refractivity contribution in [2.45, 2.75) is 64.5 Å². The zero-order chi connectivity index (χ0) is 21.5. The number of likely N-dealkylation sites (tertiary alicyclic amines) is 2. The first-order chi connectivity index (χ1) is 14.5. The number of rotatable bonds is 5. The number of hydrogen-bond acceptors (Lipinski definition) is 4. The molecule has 2 unspecified atom stereocenters. The molecule has 0 aliphatic carbocycles. The van der Waals surface area contributed by atoms with Gasteiger partial charge >= 0.3 is 0 Å². The monoisotopic (exact) mass is 420 g/mol. The van der Waals surface area contributed by atoms with Crippen LogP contribution >= 0.6 is 0 Å². The lowest BCUT2D eigenvalue weighted by atomic mass is 10.0. The third kappa shape index (κ3) is 5.65. The van der Waals surface area contributed by atoms with Gasteiger partial charge in [-0.1, -0.05) is 0 Å². The van der Waals surface area contributed by atoms with Gasteiger partial charge in [-0.25, -0.2) is 0 Å². The molecule has 0 aromatic carbocycles. The van der Waals surface area contributed by atoms with Gasteiger partial charge < -0.3 is 20.0 Å². The summed E-state index contributed by atoms with van der Waals surface area (Å²) >= 11 is 0. The SMILES string of the molecule is CN=C(NCCC(=O)N1CCCCC1C)N1CCN(C(C)C(=O)N2CCCC2)CC1. The molecule has 3 aliphatic rings. The third-order valence-corrected chi connectivity index (χ3v) is 6.89. The standard InChI is InChI=1S/C22H40N6O2/c1-18-8-4-5-13-28(18)20(29)9-10-24-22(23-3)27-16-14-25(15-17-27)19(2)21(30)26-11-6-7-12-26/h18-19H,4-17H2,1-3H3,(H,23,24). The largest absolute Gasteiger partial charge is 0.356 e. The maximum absolute atomic E-state index is 12.7. The van der Waals surface area contributed by atoms with Crippen molar-refractivity contribution in [2.24, 2.45) is 4.99 Å². The van der Waals surface area contributed by atoms with Gasteiger partial charge in [-0.3, -0.25) is 19.5 Å². The zero-order valence-corrected chi connectivity index (χ0v) is 19.1. The van der Waals surface area contributed by atoms with Crippen LogP contribution in [0.5, 0.6) is 0 Å². The van der Waals surface area contributed by atoms with Gasteiger partial charge in [0.05, 0.1) is 6.04 Å². The van der Waals surface area contributed by atoms with E-state index in [9.17, 15) is 9.59 Å². The Morgan fingerprint density at radius 2 is 1.63 bits per heavy atom. The maximum Gasteiger partial charge on any atom is 0.239 e. The van der Waals surface area contributed by atoms with Gasteiger partial charge in [0.25, 0.3) is 0 Å². The number of hydrogen-bond donors (Lipinski definition) is 1. The molecule has 3 fully saturated rings. The van der Waals surface area contributed by atoms with Crippen LogP contribution in [0.3, 0.4) is 0 Å². The zero-order valence-electron chi connectivity index (χ0n) is 19.1. The lowest BCUT2D eigenvalue weighted by Crippen LogP contribution is -2.57. The van der Waals surface area contributed by atoms with Crippen LogP contribution in [-0.4, -0.2) is 109 Å². The first-order valence-corrected chi connectivity index (χ1v) is 11.8. The first-order valence-electron chi connectivity index (χ1n) is 11.8. The van der Waals surface area contributed by atoms with Crippen molar-refractivity contribution in [3.8, 4) is 0 Å². The molecule has 0 aromatic heterocycles. The van der Waals surface area contributed by atoms with E-state index in [1.807, 2.05) is 16.7 Å². The summed E-state index contributed by atoms with van der Waals surface area (Å²) in [6, 6.07) is 0.313. The van der Waals surface area contributed by atoms with Crippen molar-refractivity contribution in [1.29, 1.82) is 0 Å². The van der Waals surface area contributed by atoms with E-state index in [2.05, 4.69) is 27.0 Å². The molecule has 2 atom stereocenters. The van der Waals surface area contributed by atoms with Crippen molar-refractivity contribution in [3.05, 3.63) is 0 Å². The third-order valence-electron chi connectivity index (χ3n) is 6.89. The Morgan fingerprint density at radius 3 is 2.27 bits per heavy atom. The number of piperidine rings is 1. The smallest absolute Gasteiger partial charge is 0.239 e. The van der Waals surface area contributed by atoms with Crippen LogP contribution < -0.4 is 5.32 Å². The normalized spacial score (nSPS) is 24.8. The molecule has 170 valence electrons. The summed E-state index contributed by atoms with van der Waals surface area (Å²) in [5, 5.41) is 3.37. The second-order valence-electron chi connectivity index (χ2n) is 8.89. The van der Waals surface area contributed by atoms with Crippen LogP contribution in [0.1, 0.15) is 52.4 Å². The van der Waals surface area contributed by atoms with Gasteiger partial charge in [0.1, 0.15) is 0 Å². The van der Waals surface area contributed by atoms with Crippen molar-refractivity contribution in [2.75, 3.05) is 59.4 Å². The molecule has 3 aliphatic heterocycles. The number of nitrogens with one attached hydrogen (secondary N) is 1. The highest BCUT2D eigenvalue weighted by atomic mass is 16.2. The predicted octanol–water partition coefficient (Wildman–Crippen LogP) is 0.981. The number of aliphatic imine (C=N–C) groups is 1. The summed E-state index contributed by atoms with van der Waals surface area (Å²) in [5.74, 6) is 1.37. The number of nitrogens with zero attached hydrogens (tertiary/aromatic N) is 5. The lowest BCUT2D eigenvalue weighted by molar-refractivity contribution is -0.136. The number of amides is 2. The highest BCUT2D eigenvalue weighted by Gasteiger charge is 2.30. The summed E-state index contributed by atoms with van der Waals surface area (Å²) in [5.41, 5.74) is 0. The van der Waals surface area contributed by atoms with E-state index in [1.165, 1.54) is 6.42 Å². The van der Waals surface area contributed by atoms with Gasteiger partial charge in [-0.05, 0) is 46.0 Å². The molecule has 3 saturated heterocycles. The van der Waals surface area contributed by atoms with Gasteiger partial charge in [0.2, 0.25) is 11.8 Å². The van der Waals surface area contributed by atoms with Crippen LogP contribution in [0.15, 0.2) is 4.99 Å². The summed E-state index contributed by atoms with van der Waals surface area (Å²) < 4.78 is 0. The Bertz CT molecular complexity index is 611. The molecule has 30 heavy (non-hydrogen) atoms. The maximum atomic E-state index is 12.7. The fourth-order valence-electron chi connectivity index (χ4n) is 4.90. The van der Waals surface area contributed by atoms with E-state index in [0.29, 0.717) is 19.0 Å². The molecular formula is C22H40N6O2. The summed E-state index contributed by atoms with van der Waals surface area (Å²) in [7, 11) is 1.79. The second-order valence-corrected chi connectivity index (χ2v) is 8.89. The summed E-state index contributed by atoms with van der Waals surface area (Å²) in [6.45, 7) is 10.9. The van der Waals surface area contributed by atoms with Crippen LogP contribution in [0.4, 0.5) is 0 Å². The molecule has 0 saturated carbocycles. The Morgan fingerprint density at radius 1 is 0.967 bits per heavy atom. The second kappa shape index (κ2) is 11.0. The number of carbonyl (C=O) groups is 2. The molecule has 0 radical (unpaired) electrons. The minimum absolute atomic E-state index is 0.0515. The Balaban J connectivity index is 1.40.